The van der Waals surface area contributed by atoms with Gasteiger partial charge in [0.25, 0.3) is 0 Å². The van der Waals surface area contributed by atoms with E-state index in [1.54, 1.807) is 12.1 Å². The molecule has 0 aliphatic carbocycles. The zero-order valence-corrected chi connectivity index (χ0v) is 15.0. The molecule has 0 bridgehead atoms. The molecule has 0 aromatic heterocycles. The van der Waals surface area contributed by atoms with Gasteiger partial charge in [-0.25, -0.2) is 4.79 Å². The fraction of sp³-hybridized carbons (Fsp3) is 0.263. The van der Waals surface area contributed by atoms with Crippen LogP contribution < -0.4 is 5.32 Å². The largest absolute Gasteiger partial charge is 0.465 e. The first kappa shape index (κ1) is 19.0. The maximum absolute atomic E-state index is 12.3. The van der Waals surface area contributed by atoms with Crippen LogP contribution in [0.3, 0.4) is 0 Å². The lowest BCUT2D eigenvalue weighted by Gasteiger charge is -2.20. The molecule has 0 spiro atoms. The van der Waals surface area contributed by atoms with E-state index in [2.05, 4.69) is 10.1 Å². The molecule has 0 saturated carbocycles. The lowest BCUT2D eigenvalue weighted by molar-refractivity contribution is -0.117. The highest BCUT2D eigenvalue weighted by atomic mass is 35.5. The third-order valence-corrected chi connectivity index (χ3v) is 4.05. The van der Waals surface area contributed by atoms with Gasteiger partial charge in [-0.3, -0.25) is 9.69 Å². The Balaban J connectivity index is 2.02. The highest BCUT2D eigenvalue weighted by Crippen LogP contribution is 2.23. The Morgan fingerprint density at radius 1 is 1.16 bits per heavy atom. The predicted octanol–water partition coefficient (Wildman–Crippen LogP) is 3.59. The first-order chi connectivity index (χ1) is 12.0. The fourth-order valence-corrected chi connectivity index (χ4v) is 2.54. The van der Waals surface area contributed by atoms with Crippen LogP contribution >= 0.6 is 11.6 Å². The zero-order chi connectivity index (χ0) is 18.2. The number of esters is 1. The molecule has 1 amide bonds. The van der Waals surface area contributed by atoms with E-state index in [0.29, 0.717) is 22.8 Å². The number of carbonyl (C=O) groups is 2. The van der Waals surface area contributed by atoms with E-state index in [1.165, 1.54) is 13.2 Å². The Hall–Kier alpha value is -2.37. The summed E-state index contributed by atoms with van der Waals surface area (Å²) >= 11 is 6.11. The van der Waals surface area contributed by atoms with Crippen molar-refractivity contribution < 1.29 is 14.3 Å². The number of nitrogens with zero attached hydrogens (tertiary/aromatic N) is 1. The number of methoxy groups -OCH3 is 1. The van der Waals surface area contributed by atoms with Gasteiger partial charge in [0.05, 0.1) is 29.9 Å². The molecule has 2 rings (SSSR count). The van der Waals surface area contributed by atoms with Gasteiger partial charge in [0.2, 0.25) is 5.91 Å². The summed E-state index contributed by atoms with van der Waals surface area (Å²) in [5, 5.41) is 3.13. The van der Waals surface area contributed by atoms with E-state index in [9.17, 15) is 9.59 Å². The van der Waals surface area contributed by atoms with E-state index in [4.69, 9.17) is 11.6 Å². The molecule has 0 atom stereocenters. The van der Waals surface area contributed by atoms with E-state index in [1.807, 2.05) is 42.2 Å². The number of anilines is 1. The number of likely N-dealkylation sites (N-methyl/N-ethyl adjacent to an activating group) is 1. The molecular formula is C19H21ClN2O3. The maximum atomic E-state index is 12.3. The smallest absolute Gasteiger partial charge is 0.337 e. The van der Waals surface area contributed by atoms with E-state index in [-0.39, 0.29) is 12.5 Å². The summed E-state index contributed by atoms with van der Waals surface area (Å²) in [5.41, 5.74) is 1.87. The quantitative estimate of drug-likeness (QED) is 0.766. The minimum Gasteiger partial charge on any atom is -0.465 e. The van der Waals surface area contributed by atoms with Crippen molar-refractivity contribution in [1.29, 1.82) is 0 Å². The summed E-state index contributed by atoms with van der Waals surface area (Å²) in [6.07, 6.45) is 0. The Morgan fingerprint density at radius 3 is 2.52 bits per heavy atom. The van der Waals surface area contributed by atoms with Gasteiger partial charge in [-0.2, -0.15) is 0 Å². The average Bonchev–Trinajstić information content (AvgIpc) is 2.63. The molecule has 1 N–H and O–H groups in total. The van der Waals surface area contributed by atoms with Crippen LogP contribution in [0.4, 0.5) is 5.69 Å². The number of halogens is 1. The Bertz CT molecular complexity index is 735. The molecule has 6 heteroatoms. The molecule has 0 fully saturated rings. The predicted molar refractivity (Wildman–Crippen MR) is 98.8 cm³/mol. The normalized spacial score (nSPS) is 10.6. The van der Waals surface area contributed by atoms with Gasteiger partial charge in [-0.05, 0) is 30.3 Å². The number of hydrogen-bond donors (Lipinski definition) is 1. The first-order valence-electron chi connectivity index (χ1n) is 7.97. The molecular weight excluding hydrogens is 340 g/mol. The minimum atomic E-state index is -0.480. The first-order valence-corrected chi connectivity index (χ1v) is 8.35. The lowest BCUT2D eigenvalue weighted by Crippen LogP contribution is -2.32. The number of amides is 1. The Labute approximate surface area is 152 Å². The summed E-state index contributed by atoms with van der Waals surface area (Å²) < 4.78 is 4.68. The molecule has 0 radical (unpaired) electrons. The topological polar surface area (TPSA) is 58.6 Å². The van der Waals surface area contributed by atoms with Crippen molar-refractivity contribution in [2.24, 2.45) is 0 Å². The number of carbonyl (C=O) groups excluding carboxylic acids is 2. The van der Waals surface area contributed by atoms with Gasteiger partial charge in [-0.1, -0.05) is 48.9 Å². The van der Waals surface area contributed by atoms with Crippen molar-refractivity contribution in [1.82, 2.24) is 4.90 Å². The molecule has 0 saturated heterocycles. The average molecular weight is 361 g/mol. The summed E-state index contributed by atoms with van der Waals surface area (Å²) in [7, 11) is 1.30. The Kier molecular flexibility index (Phi) is 6.98. The van der Waals surface area contributed by atoms with Crippen molar-refractivity contribution in [2.45, 2.75) is 13.5 Å². The van der Waals surface area contributed by atoms with Crippen LogP contribution in [-0.2, 0) is 16.1 Å². The summed E-state index contributed by atoms with van der Waals surface area (Å²) in [6, 6.07) is 14.6. The molecule has 0 unspecified atom stereocenters. The number of hydrogen-bond acceptors (Lipinski definition) is 4. The molecule has 25 heavy (non-hydrogen) atoms. The van der Waals surface area contributed by atoms with Crippen LogP contribution in [0.5, 0.6) is 0 Å². The third-order valence-electron chi connectivity index (χ3n) is 3.72. The van der Waals surface area contributed by atoms with Crippen LogP contribution in [0.25, 0.3) is 0 Å². The third kappa shape index (κ3) is 5.59. The van der Waals surface area contributed by atoms with Gasteiger partial charge in [0, 0.05) is 6.54 Å². The van der Waals surface area contributed by atoms with Crippen LogP contribution in [0.15, 0.2) is 48.5 Å². The second-order valence-corrected chi connectivity index (χ2v) is 5.93. The summed E-state index contributed by atoms with van der Waals surface area (Å²) in [5.74, 6) is -0.673. The molecule has 0 aliphatic rings. The maximum Gasteiger partial charge on any atom is 0.337 e. The SMILES string of the molecule is CCN(CC(=O)Nc1cc(C(=O)OC)ccc1Cl)Cc1ccccc1. The van der Waals surface area contributed by atoms with Crippen LogP contribution in [0, 0.1) is 0 Å². The van der Waals surface area contributed by atoms with Gasteiger partial charge in [0.15, 0.2) is 0 Å². The monoisotopic (exact) mass is 360 g/mol. The van der Waals surface area contributed by atoms with E-state index >= 15 is 0 Å². The second-order valence-electron chi connectivity index (χ2n) is 5.52. The van der Waals surface area contributed by atoms with E-state index < -0.39 is 5.97 Å². The standard InChI is InChI=1S/C19H21ClN2O3/c1-3-22(12-14-7-5-4-6-8-14)13-18(23)21-17-11-15(19(24)25-2)9-10-16(17)20/h4-11H,3,12-13H2,1-2H3,(H,21,23). The van der Waals surface area contributed by atoms with Crippen LogP contribution in [-0.4, -0.2) is 37.0 Å². The van der Waals surface area contributed by atoms with Crippen molar-refractivity contribution in [2.75, 3.05) is 25.5 Å². The Morgan fingerprint density at radius 2 is 1.88 bits per heavy atom. The van der Waals surface area contributed by atoms with Gasteiger partial charge < -0.3 is 10.1 Å². The number of ether oxygens (including phenoxy) is 1. The molecule has 132 valence electrons. The second kappa shape index (κ2) is 9.20. The number of benzene rings is 2. The summed E-state index contributed by atoms with van der Waals surface area (Å²) in [6.45, 7) is 3.64. The summed E-state index contributed by atoms with van der Waals surface area (Å²) in [4.78, 5) is 26.0. The molecule has 5 nitrogen and oxygen atoms in total. The highest BCUT2D eigenvalue weighted by Gasteiger charge is 2.14. The van der Waals surface area contributed by atoms with Gasteiger partial charge in [-0.15, -0.1) is 0 Å². The fourth-order valence-electron chi connectivity index (χ4n) is 2.38. The lowest BCUT2D eigenvalue weighted by atomic mass is 10.2. The van der Waals surface area contributed by atoms with Crippen molar-refractivity contribution >= 4 is 29.2 Å². The van der Waals surface area contributed by atoms with Crippen LogP contribution in [0.1, 0.15) is 22.8 Å². The highest BCUT2D eigenvalue weighted by molar-refractivity contribution is 6.33. The van der Waals surface area contributed by atoms with Gasteiger partial charge >= 0.3 is 5.97 Å². The number of nitrogens with one attached hydrogen (secondary N) is 1. The van der Waals surface area contributed by atoms with E-state index in [0.717, 1.165) is 12.1 Å². The van der Waals surface area contributed by atoms with Crippen molar-refractivity contribution in [3.63, 3.8) is 0 Å². The molecule has 0 aliphatic heterocycles. The zero-order valence-electron chi connectivity index (χ0n) is 14.3. The van der Waals surface area contributed by atoms with Crippen LogP contribution in [0.2, 0.25) is 5.02 Å². The minimum absolute atomic E-state index is 0.193. The molecule has 2 aromatic rings. The number of rotatable bonds is 7. The van der Waals surface area contributed by atoms with Crippen molar-refractivity contribution in [3.05, 3.63) is 64.7 Å². The molecule has 2 aromatic carbocycles. The van der Waals surface area contributed by atoms with Gasteiger partial charge in [0.1, 0.15) is 0 Å². The van der Waals surface area contributed by atoms with Crippen molar-refractivity contribution in [3.8, 4) is 0 Å². The molecule has 0 heterocycles.